The molecule has 6 nitrogen and oxygen atoms in total. The number of esters is 3. The number of allylic oxidation sites excluding steroid dienone is 20. The lowest BCUT2D eigenvalue weighted by atomic mass is 10.0. The van der Waals surface area contributed by atoms with Crippen LogP contribution in [0.2, 0.25) is 0 Å². The third kappa shape index (κ3) is 66.5. The van der Waals surface area contributed by atoms with Crippen molar-refractivity contribution in [3.05, 3.63) is 122 Å². The van der Waals surface area contributed by atoms with Crippen molar-refractivity contribution in [3.8, 4) is 0 Å². The van der Waals surface area contributed by atoms with Gasteiger partial charge in [-0.1, -0.05) is 316 Å². The highest BCUT2D eigenvalue weighted by atomic mass is 16.6. The molecule has 462 valence electrons. The second-order valence-corrected chi connectivity index (χ2v) is 22.3. The highest BCUT2D eigenvalue weighted by Gasteiger charge is 2.19. The molecule has 81 heavy (non-hydrogen) atoms. The Morgan fingerprint density at radius 1 is 0.259 bits per heavy atom. The van der Waals surface area contributed by atoms with Crippen LogP contribution in [-0.2, 0) is 28.6 Å². The fraction of sp³-hybridized carbons (Fsp3) is 0.693. The Labute approximate surface area is 501 Å². The maximum atomic E-state index is 13.0. The lowest BCUT2D eigenvalue weighted by Crippen LogP contribution is -2.30. The summed E-state index contributed by atoms with van der Waals surface area (Å²) in [5.74, 6) is -0.961. The lowest BCUT2D eigenvalue weighted by Gasteiger charge is -2.18. The third-order valence-electron chi connectivity index (χ3n) is 14.5. The minimum atomic E-state index is -0.810. The van der Waals surface area contributed by atoms with Crippen LogP contribution in [0, 0.1) is 0 Å². The summed E-state index contributed by atoms with van der Waals surface area (Å²) in [7, 11) is 0. The van der Waals surface area contributed by atoms with Gasteiger partial charge in [0.25, 0.3) is 0 Å². The van der Waals surface area contributed by atoms with Gasteiger partial charge >= 0.3 is 17.9 Å². The molecule has 0 aliphatic carbocycles. The van der Waals surface area contributed by atoms with E-state index in [-0.39, 0.29) is 37.5 Å². The Balaban J connectivity index is 4.43. The van der Waals surface area contributed by atoms with Gasteiger partial charge in [0.2, 0.25) is 0 Å². The molecule has 1 unspecified atom stereocenters. The first-order valence-electron chi connectivity index (χ1n) is 34.0. The lowest BCUT2D eigenvalue weighted by molar-refractivity contribution is -0.167. The van der Waals surface area contributed by atoms with Crippen molar-refractivity contribution < 1.29 is 28.6 Å². The molecule has 0 rings (SSSR count). The van der Waals surface area contributed by atoms with Gasteiger partial charge in [0.05, 0.1) is 0 Å². The van der Waals surface area contributed by atoms with Crippen LogP contribution in [0.15, 0.2) is 122 Å². The number of unbranched alkanes of at least 4 members (excludes halogenated alkanes) is 30. The van der Waals surface area contributed by atoms with Crippen molar-refractivity contribution >= 4 is 17.9 Å². The Morgan fingerprint density at radius 2 is 0.494 bits per heavy atom. The zero-order valence-corrected chi connectivity index (χ0v) is 53.0. The summed E-state index contributed by atoms with van der Waals surface area (Å²) in [6.45, 7) is 6.39. The van der Waals surface area contributed by atoms with E-state index >= 15 is 0 Å². The molecule has 6 heteroatoms. The average Bonchev–Trinajstić information content (AvgIpc) is 3.47. The van der Waals surface area contributed by atoms with Crippen LogP contribution in [0.1, 0.15) is 316 Å². The Morgan fingerprint density at radius 3 is 0.802 bits per heavy atom. The molecule has 0 saturated carbocycles. The molecule has 0 radical (unpaired) electrons. The molecule has 1 atom stereocenters. The second-order valence-electron chi connectivity index (χ2n) is 22.3. The fourth-order valence-corrected chi connectivity index (χ4v) is 9.45. The normalized spacial score (nSPS) is 12.9. The van der Waals surface area contributed by atoms with E-state index in [4.69, 9.17) is 14.2 Å². The highest BCUT2D eigenvalue weighted by molar-refractivity contribution is 5.71. The van der Waals surface area contributed by atoms with Crippen LogP contribution >= 0.6 is 0 Å². The van der Waals surface area contributed by atoms with Crippen molar-refractivity contribution in [2.24, 2.45) is 0 Å². The number of ether oxygens (including phenoxy) is 3. The van der Waals surface area contributed by atoms with E-state index < -0.39 is 6.10 Å². The zero-order valence-electron chi connectivity index (χ0n) is 53.0. The van der Waals surface area contributed by atoms with Crippen molar-refractivity contribution in [2.75, 3.05) is 13.2 Å². The van der Waals surface area contributed by atoms with Gasteiger partial charge in [-0.25, -0.2) is 0 Å². The van der Waals surface area contributed by atoms with Crippen LogP contribution in [0.4, 0.5) is 0 Å². The molecule has 0 N–H and O–H groups in total. The van der Waals surface area contributed by atoms with Crippen LogP contribution < -0.4 is 0 Å². The molecule has 0 aliphatic rings. The number of hydrogen-bond acceptors (Lipinski definition) is 6. The van der Waals surface area contributed by atoms with Crippen LogP contribution in [0.3, 0.4) is 0 Å². The van der Waals surface area contributed by atoms with Crippen molar-refractivity contribution in [3.63, 3.8) is 0 Å². The maximum Gasteiger partial charge on any atom is 0.306 e. The van der Waals surface area contributed by atoms with Crippen molar-refractivity contribution in [1.29, 1.82) is 0 Å². The van der Waals surface area contributed by atoms with Crippen LogP contribution in [0.5, 0.6) is 0 Å². The minimum Gasteiger partial charge on any atom is -0.462 e. The molecule has 0 spiro atoms. The van der Waals surface area contributed by atoms with Gasteiger partial charge in [-0.2, -0.15) is 0 Å². The van der Waals surface area contributed by atoms with Gasteiger partial charge in [0.15, 0.2) is 6.10 Å². The van der Waals surface area contributed by atoms with Crippen molar-refractivity contribution in [1.82, 2.24) is 0 Å². The quantitative estimate of drug-likeness (QED) is 0.0261. The second kappa shape index (κ2) is 68.3. The van der Waals surface area contributed by atoms with E-state index in [9.17, 15) is 14.4 Å². The van der Waals surface area contributed by atoms with E-state index in [2.05, 4.69) is 142 Å². The topological polar surface area (TPSA) is 78.9 Å². The van der Waals surface area contributed by atoms with E-state index in [0.717, 1.165) is 116 Å². The molecule has 0 heterocycles. The summed E-state index contributed by atoms with van der Waals surface area (Å²) in [5, 5.41) is 0. The minimum absolute atomic E-state index is 0.102. The number of hydrogen-bond donors (Lipinski definition) is 0. The predicted octanol–water partition coefficient (Wildman–Crippen LogP) is 23.6. The van der Waals surface area contributed by atoms with E-state index in [1.54, 1.807) is 0 Å². The van der Waals surface area contributed by atoms with E-state index in [1.165, 1.54) is 154 Å². The summed E-state index contributed by atoms with van der Waals surface area (Å²) in [4.78, 5) is 38.4. The third-order valence-corrected chi connectivity index (χ3v) is 14.5. The molecule has 0 bridgehead atoms. The zero-order chi connectivity index (χ0) is 58.5. The predicted molar refractivity (Wildman–Crippen MR) is 353 cm³/mol. The molecule has 0 aromatic carbocycles. The largest absolute Gasteiger partial charge is 0.462 e. The molecule has 0 aliphatic heterocycles. The van der Waals surface area contributed by atoms with Gasteiger partial charge in [-0.15, -0.1) is 0 Å². The molecule has 0 saturated heterocycles. The van der Waals surface area contributed by atoms with Gasteiger partial charge in [0.1, 0.15) is 13.2 Å². The first kappa shape index (κ1) is 76.8. The summed E-state index contributed by atoms with van der Waals surface area (Å²) in [5.41, 5.74) is 0. The summed E-state index contributed by atoms with van der Waals surface area (Å²) in [6, 6.07) is 0. The van der Waals surface area contributed by atoms with Crippen LogP contribution in [0.25, 0.3) is 0 Å². The average molecular weight is 1120 g/mol. The molecule has 0 amide bonds. The molecule has 0 aromatic rings. The molecular weight excluding hydrogens is 997 g/mol. The first-order valence-corrected chi connectivity index (χ1v) is 34.0. The van der Waals surface area contributed by atoms with Gasteiger partial charge in [-0.3, -0.25) is 14.4 Å². The summed E-state index contributed by atoms with van der Waals surface area (Å²) < 4.78 is 16.9. The number of carbonyl (C=O) groups is 3. The standard InChI is InChI=1S/C75H126O6/c1-4-7-10-13-16-19-22-25-28-31-33-35-37-39-41-44-47-50-53-56-59-62-65-68-74(77)80-71-72(70-79-73(76)67-64-61-58-55-52-49-46-43-30-27-24-21-18-15-12-9-6-3)81-75(78)69-66-63-60-57-54-51-48-45-42-40-38-36-34-32-29-26-23-20-17-14-11-8-5-2/h7,9-10,12,16,18-19,21,25,27-28,30,33,35,39,41,46,49,55,58,72H,4-6,8,11,13-15,17,20,22-24,26,29,31-32,34,36-38,40,42-45,47-48,50-54,56-57,59-71H2,1-3H3/b10-7-,12-9-,19-16-,21-18-,28-25-,30-27-,35-33-,41-39-,49-46-,58-55-. The van der Waals surface area contributed by atoms with E-state index in [0.29, 0.717) is 19.3 Å². The van der Waals surface area contributed by atoms with Gasteiger partial charge < -0.3 is 14.2 Å². The highest BCUT2D eigenvalue weighted by Crippen LogP contribution is 2.17. The first-order chi connectivity index (χ1) is 40.0. The number of carbonyl (C=O) groups excluding carboxylic acids is 3. The smallest absolute Gasteiger partial charge is 0.306 e. The van der Waals surface area contributed by atoms with Crippen LogP contribution in [-0.4, -0.2) is 37.2 Å². The SMILES string of the molecule is CC/C=C\C/C=C\C/C=C\C/C=C\C/C=C\CCCCCCCCCC(=O)OCC(COC(=O)CCC/C=C\C/C=C\C/C=C\C/C=C\C/C=C\CC)OC(=O)CCCCCCCCCCCCCCCCCCCCCCCCC. The fourth-order valence-electron chi connectivity index (χ4n) is 9.45. The molecular formula is C75H126O6. The molecule has 0 aromatic heterocycles. The maximum absolute atomic E-state index is 13.0. The molecule has 0 fully saturated rings. The Hall–Kier alpha value is -4.19. The van der Waals surface area contributed by atoms with Crippen molar-refractivity contribution in [2.45, 2.75) is 322 Å². The van der Waals surface area contributed by atoms with Gasteiger partial charge in [0, 0.05) is 19.3 Å². The monoisotopic (exact) mass is 1120 g/mol. The number of rotatable bonds is 61. The Bertz CT molecular complexity index is 1670. The summed E-state index contributed by atoms with van der Waals surface area (Å²) >= 11 is 0. The Kier molecular flexibility index (Phi) is 64.8. The summed E-state index contributed by atoms with van der Waals surface area (Å²) in [6.07, 6.45) is 95.1. The van der Waals surface area contributed by atoms with Gasteiger partial charge in [-0.05, 0) is 103 Å². The van der Waals surface area contributed by atoms with E-state index in [1.807, 2.05) is 0 Å².